The predicted molar refractivity (Wildman–Crippen MR) is 71.2 cm³/mol. The van der Waals surface area contributed by atoms with Gasteiger partial charge in [0.05, 0.1) is 25.8 Å². The maximum atomic E-state index is 11.9. The van der Waals surface area contributed by atoms with Gasteiger partial charge in [-0.1, -0.05) is 24.3 Å². The third-order valence-corrected chi connectivity index (χ3v) is 2.77. The van der Waals surface area contributed by atoms with E-state index in [0.717, 1.165) is 0 Å². The van der Waals surface area contributed by atoms with E-state index < -0.39 is 0 Å². The van der Waals surface area contributed by atoms with E-state index >= 15 is 0 Å². The maximum absolute atomic E-state index is 11.9. The number of methoxy groups -OCH3 is 1. The first-order chi connectivity index (χ1) is 9.20. The molecule has 1 amide bonds. The molecule has 1 aliphatic carbocycles. The Labute approximate surface area is 111 Å². The molecule has 0 spiro atoms. The molecule has 0 aliphatic heterocycles. The van der Waals surface area contributed by atoms with Crippen LogP contribution >= 0.6 is 0 Å². The second-order valence-corrected chi connectivity index (χ2v) is 4.12. The van der Waals surface area contributed by atoms with Gasteiger partial charge in [-0.15, -0.1) is 0 Å². The highest BCUT2D eigenvalue weighted by Gasteiger charge is 2.16. The zero-order valence-electron chi connectivity index (χ0n) is 10.7. The first-order valence-electron chi connectivity index (χ1n) is 5.97. The molecule has 0 aromatic carbocycles. The monoisotopic (exact) mass is 260 g/mol. The predicted octanol–water partition coefficient (Wildman–Crippen LogP) is 0.816. The molecule has 100 valence electrons. The molecule has 3 N–H and O–H groups in total. The fraction of sp³-hybridized carbons (Fsp3) is 0.308. The van der Waals surface area contributed by atoms with Crippen LogP contribution in [-0.2, 0) is 11.3 Å². The topological polar surface area (TPSA) is 90.1 Å². The summed E-state index contributed by atoms with van der Waals surface area (Å²) in [4.78, 5) is 20.0. The number of hydrogen-bond acceptors (Lipinski definition) is 5. The standard InChI is InChI=1S/C13H16N4O2/c1-19-13-10(15-8-11(14)17-13)7-16-12(18)9-5-3-2-4-6-9/h2-5,8-9H,6-7H2,1H3,(H2,14,17)(H,16,18). The second-order valence-electron chi connectivity index (χ2n) is 4.12. The Bertz CT molecular complexity index is 525. The number of aromatic nitrogens is 2. The number of anilines is 1. The average molecular weight is 260 g/mol. The van der Waals surface area contributed by atoms with Gasteiger partial charge < -0.3 is 15.8 Å². The molecule has 6 nitrogen and oxygen atoms in total. The molecule has 1 unspecified atom stereocenters. The van der Waals surface area contributed by atoms with Crippen LogP contribution in [0.25, 0.3) is 0 Å². The third kappa shape index (κ3) is 3.31. The number of carbonyl (C=O) groups excluding carboxylic acids is 1. The summed E-state index contributed by atoms with van der Waals surface area (Å²) in [6.45, 7) is 0.267. The van der Waals surface area contributed by atoms with Crippen LogP contribution in [0, 0.1) is 5.92 Å². The molecule has 1 aliphatic rings. The van der Waals surface area contributed by atoms with Crippen molar-refractivity contribution in [3.05, 3.63) is 36.2 Å². The minimum absolute atomic E-state index is 0.0405. The summed E-state index contributed by atoms with van der Waals surface area (Å²) in [6.07, 6.45) is 9.80. The molecular weight excluding hydrogens is 244 g/mol. The molecular formula is C13H16N4O2. The van der Waals surface area contributed by atoms with Crippen LogP contribution < -0.4 is 15.8 Å². The Kier molecular flexibility index (Phi) is 4.12. The maximum Gasteiger partial charge on any atom is 0.239 e. The molecule has 2 rings (SSSR count). The molecule has 0 fully saturated rings. The summed E-state index contributed by atoms with van der Waals surface area (Å²) >= 11 is 0. The first kappa shape index (κ1) is 13.1. The minimum atomic E-state index is -0.127. The SMILES string of the molecule is COc1nc(N)cnc1CNC(=O)C1C=CC=CC1. The van der Waals surface area contributed by atoms with Crippen molar-refractivity contribution >= 4 is 11.7 Å². The highest BCUT2D eigenvalue weighted by atomic mass is 16.5. The smallest absolute Gasteiger partial charge is 0.239 e. The van der Waals surface area contributed by atoms with Crippen LogP contribution in [0.5, 0.6) is 5.88 Å². The normalized spacial score (nSPS) is 17.2. The number of ether oxygens (including phenoxy) is 1. The van der Waals surface area contributed by atoms with E-state index in [9.17, 15) is 4.79 Å². The average Bonchev–Trinajstić information content (AvgIpc) is 2.46. The summed E-state index contributed by atoms with van der Waals surface area (Å²) in [5, 5.41) is 2.82. The van der Waals surface area contributed by atoms with Gasteiger partial charge in [-0.25, -0.2) is 4.98 Å². The van der Waals surface area contributed by atoms with E-state index in [-0.39, 0.29) is 24.2 Å². The van der Waals surface area contributed by atoms with Crippen LogP contribution in [0.3, 0.4) is 0 Å². The van der Waals surface area contributed by atoms with Gasteiger partial charge in [-0.2, -0.15) is 4.98 Å². The quantitative estimate of drug-likeness (QED) is 0.836. The first-order valence-corrected chi connectivity index (χ1v) is 5.97. The lowest BCUT2D eigenvalue weighted by molar-refractivity contribution is -0.123. The molecule has 1 aromatic rings. The number of hydrogen-bond donors (Lipinski definition) is 2. The highest BCUT2D eigenvalue weighted by molar-refractivity contribution is 5.80. The van der Waals surface area contributed by atoms with Gasteiger partial charge in [0.2, 0.25) is 11.8 Å². The fourth-order valence-electron chi connectivity index (χ4n) is 1.77. The number of carbonyl (C=O) groups is 1. The largest absolute Gasteiger partial charge is 0.480 e. The van der Waals surface area contributed by atoms with Gasteiger partial charge in [0.25, 0.3) is 0 Å². The number of nitrogen functional groups attached to an aromatic ring is 1. The second kappa shape index (κ2) is 5.99. The van der Waals surface area contributed by atoms with Crippen LogP contribution in [-0.4, -0.2) is 23.0 Å². The Morgan fingerprint density at radius 3 is 3.11 bits per heavy atom. The number of allylic oxidation sites excluding steroid dienone is 3. The van der Waals surface area contributed by atoms with Gasteiger partial charge in [-0.3, -0.25) is 4.79 Å². The van der Waals surface area contributed by atoms with Crippen molar-refractivity contribution in [2.45, 2.75) is 13.0 Å². The lowest BCUT2D eigenvalue weighted by Gasteiger charge is -2.13. The van der Waals surface area contributed by atoms with Crippen LogP contribution in [0.2, 0.25) is 0 Å². The molecule has 0 radical (unpaired) electrons. The van der Waals surface area contributed by atoms with E-state index in [2.05, 4.69) is 15.3 Å². The molecule has 1 atom stereocenters. The van der Waals surface area contributed by atoms with Gasteiger partial charge in [-0.05, 0) is 6.42 Å². The summed E-state index contributed by atoms with van der Waals surface area (Å²) in [5.74, 6) is 0.450. The molecule has 1 aromatic heterocycles. The van der Waals surface area contributed by atoms with Gasteiger partial charge in [0, 0.05) is 0 Å². The number of amides is 1. The zero-order chi connectivity index (χ0) is 13.7. The molecule has 1 heterocycles. The van der Waals surface area contributed by atoms with Crippen molar-refractivity contribution in [3.8, 4) is 5.88 Å². The van der Waals surface area contributed by atoms with Gasteiger partial charge in [0.15, 0.2) is 0 Å². The summed E-state index contributed by atoms with van der Waals surface area (Å²) in [6, 6.07) is 0. The van der Waals surface area contributed by atoms with E-state index in [4.69, 9.17) is 10.5 Å². The Morgan fingerprint density at radius 1 is 1.58 bits per heavy atom. The van der Waals surface area contributed by atoms with Crippen LogP contribution in [0.4, 0.5) is 5.82 Å². The van der Waals surface area contributed by atoms with Crippen molar-refractivity contribution in [2.24, 2.45) is 5.92 Å². The lowest BCUT2D eigenvalue weighted by atomic mass is 10.0. The Balaban J connectivity index is 1.97. The Morgan fingerprint density at radius 2 is 2.42 bits per heavy atom. The third-order valence-electron chi connectivity index (χ3n) is 2.77. The van der Waals surface area contributed by atoms with Gasteiger partial charge in [0.1, 0.15) is 11.5 Å². The zero-order valence-corrected chi connectivity index (χ0v) is 10.7. The van der Waals surface area contributed by atoms with Crippen molar-refractivity contribution < 1.29 is 9.53 Å². The summed E-state index contributed by atoms with van der Waals surface area (Å²) < 4.78 is 5.07. The Hall–Kier alpha value is -2.37. The fourth-order valence-corrected chi connectivity index (χ4v) is 1.77. The van der Waals surface area contributed by atoms with Crippen molar-refractivity contribution in [2.75, 3.05) is 12.8 Å². The number of nitrogens with zero attached hydrogens (tertiary/aromatic N) is 2. The van der Waals surface area contributed by atoms with Crippen LogP contribution in [0.1, 0.15) is 12.1 Å². The van der Waals surface area contributed by atoms with E-state index in [1.807, 2.05) is 24.3 Å². The molecule has 0 saturated carbocycles. The van der Waals surface area contributed by atoms with E-state index in [1.54, 1.807) is 0 Å². The number of nitrogens with one attached hydrogen (secondary N) is 1. The summed E-state index contributed by atoms with van der Waals surface area (Å²) in [7, 11) is 1.49. The van der Waals surface area contributed by atoms with Gasteiger partial charge >= 0.3 is 0 Å². The molecule has 0 bridgehead atoms. The molecule has 6 heteroatoms. The minimum Gasteiger partial charge on any atom is -0.480 e. The number of rotatable bonds is 4. The lowest BCUT2D eigenvalue weighted by Crippen LogP contribution is -2.30. The molecule has 19 heavy (non-hydrogen) atoms. The molecule has 0 saturated heterocycles. The van der Waals surface area contributed by atoms with Crippen molar-refractivity contribution in [1.82, 2.24) is 15.3 Å². The highest BCUT2D eigenvalue weighted by Crippen LogP contribution is 2.15. The summed E-state index contributed by atoms with van der Waals surface area (Å²) in [5.41, 5.74) is 6.07. The van der Waals surface area contributed by atoms with E-state index in [0.29, 0.717) is 18.0 Å². The number of nitrogens with two attached hydrogens (primary N) is 1. The van der Waals surface area contributed by atoms with E-state index in [1.165, 1.54) is 13.3 Å². The van der Waals surface area contributed by atoms with Crippen molar-refractivity contribution in [3.63, 3.8) is 0 Å². The van der Waals surface area contributed by atoms with Crippen molar-refractivity contribution in [1.29, 1.82) is 0 Å². The van der Waals surface area contributed by atoms with Crippen LogP contribution in [0.15, 0.2) is 30.5 Å².